The number of allylic oxidation sites excluding steroid dienone is 3. The van der Waals surface area contributed by atoms with Gasteiger partial charge in [-0.3, -0.25) is 4.98 Å². The number of rotatable bonds is 6. The molecule has 2 nitrogen and oxygen atoms in total. The summed E-state index contributed by atoms with van der Waals surface area (Å²) in [6.07, 6.45) is 13.9. The molecule has 0 saturated heterocycles. The van der Waals surface area contributed by atoms with Crippen LogP contribution in [-0.4, -0.2) is 11.6 Å². The average Bonchev–Trinajstić information content (AvgIpc) is 2.61. The molecule has 0 radical (unpaired) electrons. The van der Waals surface area contributed by atoms with Crippen molar-refractivity contribution in [1.82, 2.24) is 4.98 Å². The summed E-state index contributed by atoms with van der Waals surface area (Å²) in [6, 6.07) is 10.4. The van der Waals surface area contributed by atoms with Gasteiger partial charge in [-0.1, -0.05) is 57.5 Å². The highest BCUT2D eigenvalue weighted by molar-refractivity contribution is 5.89. The van der Waals surface area contributed by atoms with E-state index in [1.54, 1.807) is 0 Å². The Kier molecular flexibility index (Phi) is 5.37. The number of hydrogen-bond donors (Lipinski definition) is 0. The van der Waals surface area contributed by atoms with Crippen molar-refractivity contribution in [2.75, 3.05) is 6.61 Å². The highest BCUT2D eigenvalue weighted by Crippen LogP contribution is 2.34. The second-order valence-electron chi connectivity index (χ2n) is 7.31. The van der Waals surface area contributed by atoms with Gasteiger partial charge in [0, 0.05) is 17.2 Å². The Bertz CT molecular complexity index is 822. The molecule has 0 amide bonds. The topological polar surface area (TPSA) is 22.1 Å². The molecule has 25 heavy (non-hydrogen) atoms. The largest absolute Gasteiger partial charge is 0.493 e. The van der Waals surface area contributed by atoms with Gasteiger partial charge in [-0.25, -0.2) is 0 Å². The Balaban J connectivity index is 1.88. The Morgan fingerprint density at radius 1 is 1.16 bits per heavy atom. The lowest BCUT2D eigenvalue weighted by atomic mass is 9.82. The Morgan fingerprint density at radius 2 is 2.00 bits per heavy atom. The van der Waals surface area contributed by atoms with Crippen LogP contribution in [0.15, 0.2) is 66.1 Å². The van der Waals surface area contributed by atoms with Crippen molar-refractivity contribution in [1.29, 1.82) is 0 Å². The number of benzene rings is 1. The molecule has 1 aliphatic carbocycles. The fourth-order valence-corrected chi connectivity index (χ4v) is 3.07. The molecule has 2 heteroatoms. The number of fused-ring (bicyclic) bond motifs is 1. The number of ether oxygens (including phenoxy) is 1. The normalized spacial score (nSPS) is 16.8. The highest BCUT2D eigenvalue weighted by atomic mass is 16.5. The average molecular weight is 333 g/mol. The van der Waals surface area contributed by atoms with E-state index in [9.17, 15) is 0 Å². The minimum absolute atomic E-state index is 0.156. The van der Waals surface area contributed by atoms with Gasteiger partial charge in [-0.2, -0.15) is 0 Å². The summed E-state index contributed by atoms with van der Waals surface area (Å²) in [7, 11) is 0. The van der Waals surface area contributed by atoms with E-state index in [1.807, 2.05) is 6.20 Å². The van der Waals surface area contributed by atoms with Gasteiger partial charge in [-0.15, -0.1) is 0 Å². The zero-order valence-electron chi connectivity index (χ0n) is 15.5. The Morgan fingerprint density at radius 3 is 2.84 bits per heavy atom. The molecule has 0 saturated carbocycles. The Hall–Kier alpha value is -2.35. The minimum Gasteiger partial charge on any atom is -0.493 e. The zero-order valence-corrected chi connectivity index (χ0v) is 15.5. The molecular formula is C23H27NO. The second kappa shape index (κ2) is 7.69. The monoisotopic (exact) mass is 333 g/mol. The first-order valence-electron chi connectivity index (χ1n) is 9.17. The molecule has 0 spiro atoms. The third-order valence-corrected chi connectivity index (χ3v) is 4.52. The van der Waals surface area contributed by atoms with Gasteiger partial charge in [0.2, 0.25) is 0 Å². The van der Waals surface area contributed by atoms with E-state index in [-0.39, 0.29) is 5.41 Å². The van der Waals surface area contributed by atoms with Gasteiger partial charge in [0.05, 0.1) is 12.3 Å². The second-order valence-corrected chi connectivity index (χ2v) is 7.31. The van der Waals surface area contributed by atoms with Gasteiger partial charge in [0.15, 0.2) is 0 Å². The van der Waals surface area contributed by atoms with E-state index < -0.39 is 0 Å². The quantitative estimate of drug-likeness (QED) is 0.578. The predicted molar refractivity (Wildman–Crippen MR) is 106 cm³/mol. The van der Waals surface area contributed by atoms with Crippen molar-refractivity contribution in [2.24, 2.45) is 5.41 Å². The molecule has 1 aromatic carbocycles. The summed E-state index contributed by atoms with van der Waals surface area (Å²) in [6.45, 7) is 7.48. The van der Waals surface area contributed by atoms with Crippen LogP contribution in [0.3, 0.4) is 0 Å². The number of nitrogens with zero attached hydrogens (tertiary/aromatic N) is 1. The van der Waals surface area contributed by atoms with Crippen molar-refractivity contribution in [3.63, 3.8) is 0 Å². The van der Waals surface area contributed by atoms with E-state index in [0.717, 1.165) is 42.9 Å². The summed E-state index contributed by atoms with van der Waals surface area (Å²) >= 11 is 0. The van der Waals surface area contributed by atoms with Crippen LogP contribution in [0.2, 0.25) is 0 Å². The molecule has 130 valence electrons. The van der Waals surface area contributed by atoms with E-state index >= 15 is 0 Å². The number of aromatic nitrogens is 1. The minimum atomic E-state index is 0.156. The van der Waals surface area contributed by atoms with Crippen LogP contribution in [-0.2, 0) is 4.74 Å². The molecule has 3 rings (SSSR count). The molecular weight excluding hydrogens is 306 g/mol. The zero-order chi connectivity index (χ0) is 17.7. The maximum atomic E-state index is 6.03. The van der Waals surface area contributed by atoms with E-state index in [4.69, 9.17) is 4.74 Å². The highest BCUT2D eigenvalue weighted by Gasteiger charge is 2.21. The number of pyridine rings is 1. The van der Waals surface area contributed by atoms with E-state index in [1.165, 1.54) is 10.8 Å². The standard InChI is InChI=1S/C23H27NO/c1-4-5-16-25-22-12-14-23(2,3)17-19(22)10-11-21-20-9-7-6-8-18(20)13-15-24-21/h6-13,15,17H,4-5,14,16H2,1-3H3. The Labute approximate surface area is 150 Å². The third-order valence-electron chi connectivity index (χ3n) is 4.52. The molecule has 1 heterocycles. The maximum Gasteiger partial charge on any atom is 0.122 e. The van der Waals surface area contributed by atoms with Crippen molar-refractivity contribution < 1.29 is 4.74 Å². The summed E-state index contributed by atoms with van der Waals surface area (Å²) in [5, 5.41) is 2.39. The first-order chi connectivity index (χ1) is 12.1. The lowest BCUT2D eigenvalue weighted by Gasteiger charge is -2.26. The molecule has 0 aliphatic heterocycles. The fourth-order valence-electron chi connectivity index (χ4n) is 3.07. The molecule has 1 aliphatic rings. The lowest BCUT2D eigenvalue weighted by molar-refractivity contribution is 0.210. The number of unbranched alkanes of at least 4 members (excludes halogenated alkanes) is 1. The summed E-state index contributed by atoms with van der Waals surface area (Å²) in [4.78, 5) is 4.55. The molecule has 0 fully saturated rings. The maximum absolute atomic E-state index is 6.03. The van der Waals surface area contributed by atoms with Gasteiger partial charge < -0.3 is 4.74 Å². The van der Waals surface area contributed by atoms with Crippen LogP contribution >= 0.6 is 0 Å². The molecule has 0 bridgehead atoms. The predicted octanol–water partition coefficient (Wildman–Crippen LogP) is 6.30. The molecule has 0 unspecified atom stereocenters. The fraction of sp³-hybridized carbons (Fsp3) is 0.348. The van der Waals surface area contributed by atoms with Crippen molar-refractivity contribution in [3.05, 3.63) is 71.8 Å². The summed E-state index contributed by atoms with van der Waals surface area (Å²) in [5.41, 5.74) is 2.31. The van der Waals surface area contributed by atoms with Crippen LogP contribution in [0.25, 0.3) is 16.8 Å². The molecule has 0 atom stereocenters. The number of hydrogen-bond acceptors (Lipinski definition) is 2. The SMILES string of the molecule is CCCCOC1=CCC(C)(C)C=C1C=Cc1nccc2ccccc12. The van der Waals surface area contributed by atoms with E-state index in [0.29, 0.717) is 0 Å². The third kappa shape index (κ3) is 4.39. The van der Waals surface area contributed by atoms with Crippen molar-refractivity contribution in [3.8, 4) is 0 Å². The summed E-state index contributed by atoms with van der Waals surface area (Å²) in [5.74, 6) is 1.00. The lowest BCUT2D eigenvalue weighted by Crippen LogP contribution is -2.13. The first-order valence-corrected chi connectivity index (χ1v) is 9.17. The van der Waals surface area contributed by atoms with Gasteiger partial charge in [-0.05, 0) is 47.9 Å². The van der Waals surface area contributed by atoms with Crippen LogP contribution < -0.4 is 0 Å². The molecule has 1 aromatic heterocycles. The summed E-state index contributed by atoms with van der Waals surface area (Å²) < 4.78 is 6.03. The van der Waals surface area contributed by atoms with Gasteiger partial charge in [0.25, 0.3) is 0 Å². The van der Waals surface area contributed by atoms with Gasteiger partial charge in [0.1, 0.15) is 5.76 Å². The van der Waals surface area contributed by atoms with Crippen LogP contribution in [0.5, 0.6) is 0 Å². The van der Waals surface area contributed by atoms with Gasteiger partial charge >= 0.3 is 0 Å². The van der Waals surface area contributed by atoms with Crippen LogP contribution in [0, 0.1) is 5.41 Å². The molecule has 0 N–H and O–H groups in total. The van der Waals surface area contributed by atoms with Crippen molar-refractivity contribution in [2.45, 2.75) is 40.0 Å². The smallest absolute Gasteiger partial charge is 0.122 e. The van der Waals surface area contributed by atoms with Crippen molar-refractivity contribution >= 4 is 16.8 Å². The first kappa shape index (κ1) is 17.5. The van der Waals surface area contributed by atoms with Crippen LogP contribution in [0.1, 0.15) is 45.7 Å². The molecule has 2 aromatic rings. The van der Waals surface area contributed by atoms with E-state index in [2.05, 4.69) is 80.4 Å². The van der Waals surface area contributed by atoms with Crippen LogP contribution in [0.4, 0.5) is 0 Å².